The topological polar surface area (TPSA) is 127 Å². The molecule has 0 aliphatic carbocycles. The van der Waals surface area contributed by atoms with Gasteiger partial charge in [0.25, 0.3) is 0 Å². The molecule has 8 nitrogen and oxygen atoms in total. The van der Waals surface area contributed by atoms with Gasteiger partial charge in [-0.15, -0.1) is 0 Å². The number of aliphatic hydroxyl groups is 1. The Hall–Kier alpha value is -2.66. The molecule has 0 aliphatic heterocycles. The number of aliphatic hydroxyl groups excluding tert-OH is 1. The Balaban J connectivity index is 2.62. The van der Waals surface area contributed by atoms with Gasteiger partial charge in [-0.1, -0.05) is 6.07 Å². The molecule has 0 radical (unpaired) electrons. The molecule has 8 heteroatoms. The Kier molecular flexibility index (Phi) is 6.63. The molecule has 112 valence electrons. The lowest BCUT2D eigenvalue weighted by Gasteiger charge is -2.22. The standard InChI is InChI=1S/C13H16N4O4/c14-4-2-6-17(9-10-3-1-5-15-7-10)13(21)16-8-11(18)12(19)20/h1,3,5,7,11,18H,2,6,8-9H2,(H,16,21)(H,19,20)/t11-/m0/s1. The normalized spacial score (nSPS) is 11.2. The molecule has 3 N–H and O–H groups in total. The molecule has 0 saturated heterocycles. The second-order valence-electron chi connectivity index (χ2n) is 4.23. The fourth-order valence-electron chi connectivity index (χ4n) is 1.53. The van der Waals surface area contributed by atoms with Crippen molar-refractivity contribution in [2.75, 3.05) is 13.1 Å². The van der Waals surface area contributed by atoms with Crippen LogP contribution in [0.25, 0.3) is 0 Å². The maximum absolute atomic E-state index is 12.0. The van der Waals surface area contributed by atoms with Crippen LogP contribution in [0.15, 0.2) is 24.5 Å². The van der Waals surface area contributed by atoms with E-state index in [0.717, 1.165) is 5.56 Å². The first-order valence-electron chi connectivity index (χ1n) is 6.24. The molecule has 1 aromatic rings. The first-order chi connectivity index (χ1) is 10.0. The summed E-state index contributed by atoms with van der Waals surface area (Å²) in [5.41, 5.74) is 0.782. The van der Waals surface area contributed by atoms with Crippen molar-refractivity contribution in [1.29, 1.82) is 5.26 Å². The van der Waals surface area contributed by atoms with E-state index in [1.165, 1.54) is 4.90 Å². The van der Waals surface area contributed by atoms with Crippen LogP contribution < -0.4 is 5.32 Å². The predicted molar refractivity (Wildman–Crippen MR) is 71.9 cm³/mol. The fraction of sp³-hybridized carbons (Fsp3) is 0.385. The highest BCUT2D eigenvalue weighted by atomic mass is 16.4. The predicted octanol–water partition coefficient (Wildman–Crippen LogP) is -0.0476. The van der Waals surface area contributed by atoms with Gasteiger partial charge in [-0.3, -0.25) is 4.98 Å². The summed E-state index contributed by atoms with van der Waals surface area (Å²) in [6, 6.07) is 4.90. The number of carbonyl (C=O) groups excluding carboxylic acids is 1. The van der Waals surface area contributed by atoms with E-state index in [9.17, 15) is 9.59 Å². The number of aromatic nitrogens is 1. The van der Waals surface area contributed by atoms with Gasteiger partial charge in [0.1, 0.15) is 0 Å². The molecule has 0 aliphatic rings. The van der Waals surface area contributed by atoms with Gasteiger partial charge >= 0.3 is 12.0 Å². The zero-order chi connectivity index (χ0) is 15.7. The van der Waals surface area contributed by atoms with Crippen LogP contribution in [-0.4, -0.2) is 51.3 Å². The van der Waals surface area contributed by atoms with E-state index >= 15 is 0 Å². The van der Waals surface area contributed by atoms with E-state index in [2.05, 4.69) is 10.3 Å². The highest BCUT2D eigenvalue weighted by Crippen LogP contribution is 2.04. The molecule has 1 rings (SSSR count). The summed E-state index contributed by atoms with van der Waals surface area (Å²) in [4.78, 5) is 27.7. The van der Waals surface area contributed by atoms with Gasteiger partial charge in [0.2, 0.25) is 0 Å². The summed E-state index contributed by atoms with van der Waals surface area (Å²) in [5, 5.41) is 28.6. The van der Waals surface area contributed by atoms with Crippen molar-refractivity contribution in [2.45, 2.75) is 19.1 Å². The quantitative estimate of drug-likeness (QED) is 0.647. The third-order valence-electron chi connectivity index (χ3n) is 2.61. The third kappa shape index (κ3) is 5.88. The number of pyridine rings is 1. The molecule has 0 spiro atoms. The van der Waals surface area contributed by atoms with Crippen molar-refractivity contribution >= 4 is 12.0 Å². The fourth-order valence-corrected chi connectivity index (χ4v) is 1.53. The number of nitrogens with zero attached hydrogens (tertiary/aromatic N) is 3. The van der Waals surface area contributed by atoms with Gasteiger partial charge < -0.3 is 20.4 Å². The van der Waals surface area contributed by atoms with Gasteiger partial charge in [-0.25, -0.2) is 9.59 Å². The largest absolute Gasteiger partial charge is 0.479 e. The van der Waals surface area contributed by atoms with E-state index in [-0.39, 0.29) is 19.5 Å². The maximum atomic E-state index is 12.0. The minimum Gasteiger partial charge on any atom is -0.479 e. The minimum absolute atomic E-state index is 0.148. The van der Waals surface area contributed by atoms with E-state index in [1.807, 2.05) is 6.07 Å². The summed E-state index contributed by atoms with van der Waals surface area (Å²) in [5.74, 6) is -1.41. The Morgan fingerprint density at radius 2 is 2.29 bits per heavy atom. The smallest absolute Gasteiger partial charge is 0.334 e. The number of urea groups is 1. The Labute approximate surface area is 121 Å². The molecule has 1 atom stereocenters. The molecule has 0 fully saturated rings. The van der Waals surface area contributed by atoms with Crippen LogP contribution in [0.5, 0.6) is 0 Å². The number of nitriles is 1. The van der Waals surface area contributed by atoms with Gasteiger partial charge in [-0.05, 0) is 11.6 Å². The molecule has 0 unspecified atom stereocenters. The summed E-state index contributed by atoms with van der Waals surface area (Å²) in [6.07, 6.45) is 1.69. The Morgan fingerprint density at radius 1 is 1.52 bits per heavy atom. The average molecular weight is 292 g/mol. The number of carboxylic acid groups (broad SMARTS) is 1. The van der Waals surface area contributed by atoms with Crippen molar-refractivity contribution in [3.05, 3.63) is 30.1 Å². The van der Waals surface area contributed by atoms with E-state index in [4.69, 9.17) is 15.5 Å². The highest BCUT2D eigenvalue weighted by molar-refractivity contribution is 5.76. The average Bonchev–Trinajstić information content (AvgIpc) is 2.49. The van der Waals surface area contributed by atoms with E-state index in [0.29, 0.717) is 0 Å². The molecule has 0 aromatic carbocycles. The number of carbonyl (C=O) groups is 2. The van der Waals surface area contributed by atoms with Crippen LogP contribution in [-0.2, 0) is 11.3 Å². The number of hydrogen-bond donors (Lipinski definition) is 3. The molecule has 1 aromatic heterocycles. The van der Waals surface area contributed by atoms with Gasteiger partial charge in [0.15, 0.2) is 6.10 Å². The van der Waals surface area contributed by atoms with E-state index < -0.39 is 24.6 Å². The summed E-state index contributed by atoms with van der Waals surface area (Å²) < 4.78 is 0. The maximum Gasteiger partial charge on any atom is 0.334 e. The van der Waals surface area contributed by atoms with Crippen LogP contribution in [0.3, 0.4) is 0 Å². The van der Waals surface area contributed by atoms with Crippen molar-refractivity contribution in [3.8, 4) is 6.07 Å². The Morgan fingerprint density at radius 3 is 2.86 bits per heavy atom. The summed E-state index contributed by atoms with van der Waals surface area (Å²) in [7, 11) is 0. The lowest BCUT2D eigenvalue weighted by atomic mass is 10.2. The molecular formula is C13H16N4O4. The van der Waals surface area contributed by atoms with Crippen molar-refractivity contribution in [2.24, 2.45) is 0 Å². The second-order valence-corrected chi connectivity index (χ2v) is 4.23. The number of nitrogens with one attached hydrogen (secondary N) is 1. The number of carboxylic acids is 1. The molecule has 0 saturated carbocycles. The van der Waals surface area contributed by atoms with Crippen LogP contribution in [0.2, 0.25) is 0 Å². The number of amides is 2. The number of hydrogen-bond acceptors (Lipinski definition) is 5. The molecule has 21 heavy (non-hydrogen) atoms. The van der Waals surface area contributed by atoms with Crippen molar-refractivity contribution in [3.63, 3.8) is 0 Å². The lowest BCUT2D eigenvalue weighted by Crippen LogP contribution is -2.44. The third-order valence-corrected chi connectivity index (χ3v) is 2.61. The van der Waals surface area contributed by atoms with Crippen LogP contribution in [0, 0.1) is 11.3 Å². The lowest BCUT2D eigenvalue weighted by molar-refractivity contribution is -0.146. The molecule has 1 heterocycles. The number of rotatable bonds is 7. The van der Waals surface area contributed by atoms with Crippen LogP contribution >= 0.6 is 0 Å². The van der Waals surface area contributed by atoms with Crippen molar-refractivity contribution < 1.29 is 19.8 Å². The monoisotopic (exact) mass is 292 g/mol. The highest BCUT2D eigenvalue weighted by Gasteiger charge is 2.18. The molecule has 2 amide bonds. The minimum atomic E-state index is -1.66. The van der Waals surface area contributed by atoms with Crippen LogP contribution in [0.1, 0.15) is 12.0 Å². The summed E-state index contributed by atoms with van der Waals surface area (Å²) >= 11 is 0. The zero-order valence-corrected chi connectivity index (χ0v) is 11.3. The van der Waals surface area contributed by atoms with Crippen LogP contribution in [0.4, 0.5) is 4.79 Å². The van der Waals surface area contributed by atoms with Gasteiger partial charge in [0.05, 0.1) is 19.0 Å². The van der Waals surface area contributed by atoms with Gasteiger partial charge in [0, 0.05) is 25.5 Å². The zero-order valence-electron chi connectivity index (χ0n) is 11.3. The SMILES string of the molecule is N#CCCN(Cc1cccnc1)C(=O)NC[C@H](O)C(=O)O. The molecular weight excluding hydrogens is 276 g/mol. The van der Waals surface area contributed by atoms with E-state index in [1.54, 1.807) is 24.5 Å². The first kappa shape index (κ1) is 16.4. The second kappa shape index (κ2) is 8.50. The Bertz CT molecular complexity index is 515. The summed E-state index contributed by atoms with van der Waals surface area (Å²) in [6.45, 7) is 0.0369. The first-order valence-corrected chi connectivity index (χ1v) is 6.24. The molecule has 0 bridgehead atoms. The van der Waals surface area contributed by atoms with Gasteiger partial charge in [-0.2, -0.15) is 5.26 Å². The van der Waals surface area contributed by atoms with Crippen molar-refractivity contribution in [1.82, 2.24) is 15.2 Å². The number of aliphatic carboxylic acids is 1.